The highest BCUT2D eigenvalue weighted by Crippen LogP contribution is 2.33. The maximum absolute atomic E-state index is 14.6. The van der Waals surface area contributed by atoms with E-state index in [-0.39, 0.29) is 80.6 Å². The summed E-state index contributed by atoms with van der Waals surface area (Å²) in [6, 6.07) is 4.50. The molecule has 51 heavy (non-hydrogen) atoms. The Bertz CT molecular complexity index is 1590. The summed E-state index contributed by atoms with van der Waals surface area (Å²) in [5.41, 5.74) is 5.36. The molecule has 0 aromatic heterocycles. The van der Waals surface area contributed by atoms with Crippen LogP contribution >= 0.6 is 0 Å². The summed E-state index contributed by atoms with van der Waals surface area (Å²) in [6.07, 6.45) is -1.41. The molecule has 14 nitrogen and oxygen atoms in total. The van der Waals surface area contributed by atoms with Gasteiger partial charge in [0, 0.05) is 90.1 Å². The van der Waals surface area contributed by atoms with E-state index in [0.29, 0.717) is 32.6 Å². The van der Waals surface area contributed by atoms with E-state index in [2.05, 4.69) is 0 Å². The molecule has 4 heterocycles. The van der Waals surface area contributed by atoms with E-state index in [4.69, 9.17) is 20.3 Å². The predicted octanol–water partition coefficient (Wildman–Crippen LogP) is 2.26. The van der Waals surface area contributed by atoms with Crippen molar-refractivity contribution < 1.29 is 51.3 Å². The van der Waals surface area contributed by atoms with Gasteiger partial charge in [0.05, 0.1) is 24.5 Å². The fraction of sp³-hybridized carbons (Fsp3) is 0.515. The lowest BCUT2D eigenvalue weighted by atomic mass is 10.2. The van der Waals surface area contributed by atoms with E-state index >= 15 is 0 Å². The maximum Gasteiger partial charge on any atom is 0.414 e. The Kier molecular flexibility index (Phi) is 11.7. The number of aliphatic hydroxyl groups excluding tert-OH is 1. The third-order valence-electron chi connectivity index (χ3n) is 9.22. The molecule has 2 atom stereocenters. The number of aliphatic hydroxyl groups is 1. The van der Waals surface area contributed by atoms with Crippen molar-refractivity contribution in [2.75, 3.05) is 98.2 Å². The van der Waals surface area contributed by atoms with Gasteiger partial charge in [-0.05, 0) is 6.42 Å². The molecule has 2 aromatic carbocycles. The summed E-state index contributed by atoms with van der Waals surface area (Å²) < 4.78 is 68.4. The van der Waals surface area contributed by atoms with Crippen molar-refractivity contribution in [3.8, 4) is 0 Å². The van der Waals surface area contributed by atoms with Gasteiger partial charge in [-0.15, -0.1) is 0 Å². The van der Waals surface area contributed by atoms with Gasteiger partial charge in [0.25, 0.3) is 0 Å². The highest BCUT2D eigenvalue weighted by Gasteiger charge is 2.35. The first-order valence-electron chi connectivity index (χ1n) is 16.6. The summed E-state index contributed by atoms with van der Waals surface area (Å²) in [5.74, 6) is -3.51. The lowest BCUT2D eigenvalue weighted by molar-refractivity contribution is -0.134. The van der Waals surface area contributed by atoms with Crippen LogP contribution in [0.4, 0.5) is 49.9 Å². The number of halogens is 4. The van der Waals surface area contributed by atoms with Gasteiger partial charge in [0.15, 0.2) is 23.3 Å². The zero-order valence-corrected chi connectivity index (χ0v) is 28.3. The molecule has 4 saturated heterocycles. The third-order valence-corrected chi connectivity index (χ3v) is 9.22. The number of ether oxygens (including phenoxy) is 2. The van der Waals surface area contributed by atoms with Crippen LogP contribution in [0.5, 0.6) is 0 Å². The maximum atomic E-state index is 14.6. The second kappa shape index (κ2) is 16.0. The Morgan fingerprint density at radius 3 is 1.45 bits per heavy atom. The van der Waals surface area contributed by atoms with Crippen molar-refractivity contribution in [2.24, 2.45) is 5.73 Å². The minimum Gasteiger partial charge on any atom is -0.444 e. The fourth-order valence-corrected chi connectivity index (χ4v) is 6.34. The van der Waals surface area contributed by atoms with Gasteiger partial charge in [0.1, 0.15) is 30.2 Å². The molecule has 0 aliphatic carbocycles. The Morgan fingerprint density at radius 1 is 0.725 bits per heavy atom. The molecule has 278 valence electrons. The number of rotatable bonds is 7. The summed E-state index contributed by atoms with van der Waals surface area (Å²) in [6.45, 7) is 5.87. The average Bonchev–Trinajstić information content (AvgIpc) is 3.69. The minimum absolute atomic E-state index is 0.0473. The fourth-order valence-electron chi connectivity index (χ4n) is 6.34. The molecule has 18 heteroatoms. The smallest absolute Gasteiger partial charge is 0.414 e. The van der Waals surface area contributed by atoms with Gasteiger partial charge in [0.2, 0.25) is 11.8 Å². The molecular formula is C33H41F4N7O7. The number of piperazine rings is 2. The highest BCUT2D eigenvalue weighted by molar-refractivity contribution is 5.91. The van der Waals surface area contributed by atoms with Crippen molar-refractivity contribution in [1.82, 2.24) is 9.80 Å². The van der Waals surface area contributed by atoms with Crippen LogP contribution < -0.4 is 25.3 Å². The van der Waals surface area contributed by atoms with E-state index in [1.54, 1.807) is 9.80 Å². The zero-order valence-electron chi connectivity index (χ0n) is 28.3. The van der Waals surface area contributed by atoms with E-state index < -0.39 is 54.1 Å². The molecule has 0 radical (unpaired) electrons. The second-order valence-electron chi connectivity index (χ2n) is 12.4. The van der Waals surface area contributed by atoms with E-state index in [0.717, 1.165) is 29.2 Å². The molecule has 2 aromatic rings. The number of carbonyl (C=O) groups excluding carboxylic acids is 4. The summed E-state index contributed by atoms with van der Waals surface area (Å²) in [5, 5.41) is 8.88. The lowest BCUT2D eigenvalue weighted by Gasteiger charge is -2.36. The number of benzene rings is 2. The molecule has 4 amide bonds. The molecule has 3 N–H and O–H groups in total. The molecule has 0 unspecified atom stereocenters. The number of amides is 4. The molecule has 0 saturated carbocycles. The summed E-state index contributed by atoms with van der Waals surface area (Å²) >= 11 is 0. The van der Waals surface area contributed by atoms with Crippen LogP contribution in [0.2, 0.25) is 0 Å². The first-order chi connectivity index (χ1) is 24.3. The number of carbonyl (C=O) groups is 4. The van der Waals surface area contributed by atoms with Gasteiger partial charge >= 0.3 is 12.2 Å². The number of anilines is 4. The van der Waals surface area contributed by atoms with Gasteiger partial charge in [-0.25, -0.2) is 27.2 Å². The van der Waals surface area contributed by atoms with Crippen LogP contribution in [0.3, 0.4) is 0 Å². The molecule has 4 aliphatic rings. The van der Waals surface area contributed by atoms with E-state index in [1.165, 1.54) is 21.6 Å². The number of cyclic esters (lactones) is 2. The average molecular weight is 724 g/mol. The normalized spacial score (nSPS) is 20.7. The Labute approximate surface area is 291 Å². The number of nitrogens with two attached hydrogens (primary N) is 1. The third kappa shape index (κ3) is 8.22. The van der Waals surface area contributed by atoms with Crippen molar-refractivity contribution in [3.63, 3.8) is 0 Å². The quantitative estimate of drug-likeness (QED) is 0.407. The second-order valence-corrected chi connectivity index (χ2v) is 12.4. The van der Waals surface area contributed by atoms with Crippen LogP contribution in [-0.2, 0) is 19.1 Å². The Balaban J connectivity index is 0.000000198. The standard InChI is InChI=1S/C17H21F2N3O3.C16H20F2N4O4/c1-3-13-10-22(17(24)25-13)12-8-14(18)16(15(19)9-12)21-6-4-20(5-7-21)11(2)23;17-12-5-10(22-8-11(7-19)26-16(22)25)6-13(18)15(12)21-3-1-20(2-4-21)14(24)9-23/h8-9,13H,3-7,10H2,1-2H3;5-6,11,23H,1-4,7-9,19H2/t13-;11-/m00/s1. The van der Waals surface area contributed by atoms with Gasteiger partial charge in [-0.2, -0.15) is 0 Å². The largest absolute Gasteiger partial charge is 0.444 e. The molecule has 4 fully saturated rings. The lowest BCUT2D eigenvalue weighted by Crippen LogP contribution is -2.50. The molecular weight excluding hydrogens is 682 g/mol. The molecule has 0 spiro atoms. The van der Waals surface area contributed by atoms with Crippen molar-refractivity contribution >= 4 is 46.8 Å². The van der Waals surface area contributed by atoms with Crippen LogP contribution in [0, 0.1) is 23.3 Å². The number of hydrogen-bond donors (Lipinski definition) is 2. The molecule has 6 rings (SSSR count). The summed E-state index contributed by atoms with van der Waals surface area (Å²) in [4.78, 5) is 55.1. The first-order valence-corrected chi connectivity index (χ1v) is 16.6. The predicted molar refractivity (Wildman–Crippen MR) is 178 cm³/mol. The van der Waals surface area contributed by atoms with Crippen molar-refractivity contribution in [1.29, 1.82) is 0 Å². The number of nitrogens with zero attached hydrogens (tertiary/aromatic N) is 6. The highest BCUT2D eigenvalue weighted by atomic mass is 19.1. The molecule has 0 bridgehead atoms. The zero-order chi connectivity index (χ0) is 37.0. The van der Waals surface area contributed by atoms with Crippen LogP contribution in [0.1, 0.15) is 20.3 Å². The van der Waals surface area contributed by atoms with Gasteiger partial charge in [-0.1, -0.05) is 6.92 Å². The van der Waals surface area contributed by atoms with Crippen LogP contribution in [0.15, 0.2) is 24.3 Å². The van der Waals surface area contributed by atoms with E-state index in [1.807, 2.05) is 6.92 Å². The Morgan fingerprint density at radius 2 is 1.12 bits per heavy atom. The number of hydrogen-bond acceptors (Lipinski definition) is 10. The first kappa shape index (κ1) is 37.4. The Hall–Kier alpha value is -4.84. The van der Waals surface area contributed by atoms with Gasteiger partial charge < -0.3 is 39.9 Å². The van der Waals surface area contributed by atoms with E-state index in [9.17, 15) is 36.7 Å². The molecule has 4 aliphatic heterocycles. The van der Waals surface area contributed by atoms with Crippen molar-refractivity contribution in [3.05, 3.63) is 47.5 Å². The summed E-state index contributed by atoms with van der Waals surface area (Å²) in [7, 11) is 0. The topological polar surface area (TPSA) is 152 Å². The monoisotopic (exact) mass is 723 g/mol. The van der Waals surface area contributed by atoms with Crippen LogP contribution in [-0.4, -0.2) is 130 Å². The van der Waals surface area contributed by atoms with Gasteiger partial charge in [-0.3, -0.25) is 19.4 Å². The SMILES string of the molecule is CC[C@H]1CN(c2cc(F)c(N3CCN(C(C)=O)CC3)c(F)c2)C(=O)O1.NC[C@H]1CN(c2cc(F)c(N3CCN(C(=O)CO)CC3)c(F)c2)C(=O)O1. The van der Waals surface area contributed by atoms with Crippen molar-refractivity contribution in [2.45, 2.75) is 32.5 Å². The van der Waals surface area contributed by atoms with Crippen LogP contribution in [0.25, 0.3) is 0 Å². The minimum atomic E-state index is -0.800.